The zero-order valence-corrected chi connectivity index (χ0v) is 47.9. The van der Waals surface area contributed by atoms with Crippen LogP contribution in [0.25, 0.3) is 11.2 Å². The number of aromatic nitrogens is 4. The first-order valence-electron chi connectivity index (χ1n) is 25.5. The maximum absolute atomic E-state index is 13.4. The van der Waals surface area contributed by atoms with Crippen LogP contribution in [0.3, 0.4) is 0 Å². The van der Waals surface area contributed by atoms with Crippen LogP contribution in [0.15, 0.2) is 36.9 Å². The first-order chi connectivity index (χ1) is 34.6. The molecule has 5 rings (SSSR count). The van der Waals surface area contributed by atoms with E-state index in [9.17, 15) is 44.1 Å². The standard InChI is InChI=1S/C50H77I2N11O10/c1-10-14-33(13-4)62-28-55-41-44(53-27-54-45(41)62)60-48-43(69)42(68)40(35(26-64)73-48)59-37(66)24-52-63(8,9)25-31-15-17-32(18-16-31)57-46(70)30(7)56-47(71)39(29(5)6)58-36(65)19-22-61-38(67)23-34(49(61)72)50(51,20-11-2)21-12-3/h15-18,27-30,33-35,39-40,42-43,48,64,68-69H,10-14,19-26H2,1-9H3,(H5,53,54,56,57,58,59,60,65,66,70,71)/p+1/t30-,33?,34?,35-,39-,40-,42+,43-,48-/m0/s1. The van der Waals surface area contributed by atoms with Crippen molar-refractivity contribution in [2.75, 3.05) is 42.3 Å². The topological polar surface area (TPSA) is 281 Å². The molecule has 9 N–H and O–H groups in total. The van der Waals surface area contributed by atoms with Gasteiger partial charge in [-0.1, -0.05) is 83.4 Å². The first kappa shape index (κ1) is 59.7. The molecule has 9 atom stereocenters. The van der Waals surface area contributed by atoms with Crippen molar-refractivity contribution in [3.05, 3.63) is 42.5 Å². The maximum atomic E-state index is 13.4. The van der Waals surface area contributed by atoms with Gasteiger partial charge in [0, 0.05) is 22.8 Å². The summed E-state index contributed by atoms with van der Waals surface area (Å²) >= 11 is 1.52. The van der Waals surface area contributed by atoms with E-state index in [4.69, 9.17) is 4.74 Å². The number of alkyl halides is 2. The number of imide groups is 1. The Morgan fingerprint density at radius 2 is 1.66 bits per heavy atom. The fourth-order valence-electron chi connectivity index (χ4n) is 9.57. The summed E-state index contributed by atoms with van der Waals surface area (Å²) in [5.41, 5.74) is 2.72. The van der Waals surface area contributed by atoms with Gasteiger partial charge in [0.15, 0.2) is 0 Å². The molecule has 2 aromatic heterocycles. The van der Waals surface area contributed by atoms with Gasteiger partial charge in [0.05, 0.1) is 12.0 Å². The number of amides is 6. The number of anilines is 2. The molecule has 1 aromatic carbocycles. The number of aliphatic hydroxyl groups excluding tert-OH is 3. The number of likely N-dealkylation sites (tertiary alicyclic amines) is 1. The molecular formula is C50H78I2N11O10+. The number of carbonyl (C=O) groups is 6. The average molecular weight is 1250 g/mol. The van der Waals surface area contributed by atoms with Crippen molar-refractivity contribution in [2.45, 2.75) is 165 Å². The predicted octanol–water partition coefficient (Wildman–Crippen LogP) is -0.264. The van der Waals surface area contributed by atoms with Crippen LogP contribution in [-0.4, -0.2) is 151 Å². The van der Waals surface area contributed by atoms with Crippen molar-refractivity contribution in [1.82, 2.24) is 35.8 Å². The van der Waals surface area contributed by atoms with Gasteiger partial charge in [-0.15, -0.1) is 0 Å². The fourth-order valence-corrected chi connectivity index (χ4v) is 13.2. The summed E-state index contributed by atoms with van der Waals surface area (Å²) in [7, 11) is 4.01. The summed E-state index contributed by atoms with van der Waals surface area (Å²) in [5.74, 6) is -2.80. The second-order valence-corrected chi connectivity index (χ2v) is 26.2. The molecule has 2 aliphatic heterocycles. The Morgan fingerprint density at radius 3 is 2.27 bits per heavy atom. The van der Waals surface area contributed by atoms with Crippen LogP contribution >= 0.6 is 22.6 Å². The molecule has 21 nitrogen and oxygen atoms in total. The number of hydrogen-bond donors (Lipinski definition) is 9. The van der Waals surface area contributed by atoms with E-state index < -0.39 is 94.4 Å². The molecule has 406 valence electrons. The zero-order valence-electron chi connectivity index (χ0n) is 43.6. The second kappa shape index (κ2) is 27.1. The van der Waals surface area contributed by atoms with Crippen molar-refractivity contribution >= 4 is 80.7 Å². The Hall–Kier alpha value is -4.15. The molecule has 3 aromatic rings. The Kier molecular flexibility index (Phi) is 22.1. The van der Waals surface area contributed by atoms with Gasteiger partial charge < -0.3 is 5.32 Å². The predicted molar refractivity (Wildman–Crippen MR) is 278 cm³/mol. The summed E-state index contributed by atoms with van der Waals surface area (Å²) in [6.45, 7) is 13.4. The monoisotopic (exact) mass is 1250 g/mol. The minimum atomic E-state index is -1.48. The number of rotatable bonds is 27. The van der Waals surface area contributed by atoms with Crippen molar-refractivity contribution in [1.29, 1.82) is 0 Å². The molecule has 2 fully saturated rings. The molecule has 0 spiro atoms. The van der Waals surface area contributed by atoms with Crippen LogP contribution < -0.4 is 52.6 Å². The number of nitrogens with one attached hydrogen (secondary N) is 6. The summed E-state index contributed by atoms with van der Waals surface area (Å²) in [4.78, 5) is 92.6. The van der Waals surface area contributed by atoms with E-state index in [1.54, 1.807) is 32.9 Å². The number of fused-ring (bicyclic) bond motifs is 1. The van der Waals surface area contributed by atoms with Gasteiger partial charge in [-0.3, -0.25) is 19.3 Å². The van der Waals surface area contributed by atoms with Crippen molar-refractivity contribution in [2.24, 2.45) is 11.8 Å². The molecule has 4 heterocycles. The number of aliphatic hydroxyl groups is 3. The molecule has 0 bridgehead atoms. The van der Waals surface area contributed by atoms with Gasteiger partial charge in [-0.25, -0.2) is 0 Å². The van der Waals surface area contributed by atoms with Gasteiger partial charge in [0.25, 0.3) is 0 Å². The normalized spacial score (nSPS) is 21.8. The minimum absolute atomic E-state index is 0.0737. The molecule has 2 saturated heterocycles. The second-order valence-electron chi connectivity index (χ2n) is 20.0. The molecular weight excluding hydrogens is 1170 g/mol. The molecule has 2 aliphatic rings. The van der Waals surface area contributed by atoms with E-state index in [1.807, 2.05) is 32.6 Å². The molecule has 0 saturated carbocycles. The Bertz CT molecular complexity index is 2360. The quantitative estimate of drug-likeness (QED) is 0.0157. The number of carbonyl (C=O) groups excluding carboxylic acids is 6. The van der Waals surface area contributed by atoms with Gasteiger partial charge >= 0.3 is 264 Å². The molecule has 0 radical (unpaired) electrons. The van der Waals surface area contributed by atoms with E-state index in [-0.39, 0.29) is 56.9 Å². The SMILES string of the molecule is CCCC(CC)[n+]1c[nH]c2c(N[C@H]3O[C@@H](CO)[C@H](NC(=O)C[I-][N+](C)(C)Cc4ccc(NC(=O)[C@H](C)NC(=O)[C@@H](NC(=O)CCN5C(=O)CC(C(I)(CCC)CCC)C5=O)C(C)C)cc4)[C@@H](O)[C@@H]3O)ncnc21. The van der Waals surface area contributed by atoms with Crippen molar-refractivity contribution < 1.29 is 77.6 Å². The first-order valence-corrected chi connectivity index (χ1v) is 29.1. The van der Waals surface area contributed by atoms with Crippen LogP contribution in [0.2, 0.25) is 0 Å². The third kappa shape index (κ3) is 15.5. The van der Waals surface area contributed by atoms with Gasteiger partial charge in [-0.2, -0.15) is 0 Å². The third-order valence-corrected chi connectivity index (χ3v) is 18.6. The van der Waals surface area contributed by atoms with E-state index >= 15 is 0 Å². The van der Waals surface area contributed by atoms with Crippen LogP contribution in [0.1, 0.15) is 118 Å². The van der Waals surface area contributed by atoms with E-state index in [1.165, 1.54) is 11.2 Å². The fraction of sp³-hybridized carbons (Fsp3) is 0.660. The number of benzene rings is 1. The average Bonchev–Trinajstić information content (AvgIpc) is 3.91. The zero-order chi connectivity index (χ0) is 53.8. The number of H-pyrrole nitrogens is 1. The van der Waals surface area contributed by atoms with Crippen molar-refractivity contribution in [3.8, 4) is 0 Å². The number of aromatic amines is 1. The van der Waals surface area contributed by atoms with E-state index in [2.05, 4.69) is 96.4 Å². The Labute approximate surface area is 452 Å². The van der Waals surface area contributed by atoms with E-state index in [0.29, 0.717) is 31.9 Å². The molecule has 6 amide bonds. The van der Waals surface area contributed by atoms with Crippen molar-refractivity contribution in [3.63, 3.8) is 0 Å². The Morgan fingerprint density at radius 1 is 0.973 bits per heavy atom. The third-order valence-electron chi connectivity index (χ3n) is 13.5. The molecule has 2 unspecified atom stereocenters. The number of hydrogen-bond acceptors (Lipinski definition) is 13. The molecule has 73 heavy (non-hydrogen) atoms. The van der Waals surface area contributed by atoms with E-state index in [0.717, 1.165) is 50.5 Å². The number of nitrogens with zero attached hydrogens (tertiary/aromatic N) is 5. The summed E-state index contributed by atoms with van der Waals surface area (Å²) < 4.78 is 8.44. The van der Waals surface area contributed by atoms with Crippen LogP contribution in [0.4, 0.5) is 11.5 Å². The number of ether oxygens (including phenoxy) is 1. The summed E-state index contributed by atoms with van der Waals surface area (Å²) in [6, 6.07) is 4.46. The molecule has 0 aliphatic carbocycles. The summed E-state index contributed by atoms with van der Waals surface area (Å²) in [5, 5.41) is 46.8. The van der Waals surface area contributed by atoms with Gasteiger partial charge in [-0.05, 0) is 31.6 Å². The van der Waals surface area contributed by atoms with Crippen LogP contribution in [0, 0.1) is 11.8 Å². The summed E-state index contributed by atoms with van der Waals surface area (Å²) in [6.07, 6.45) is 4.38. The van der Waals surface area contributed by atoms with Crippen LogP contribution in [0.5, 0.6) is 0 Å². The number of halogens is 2. The van der Waals surface area contributed by atoms with Crippen LogP contribution in [-0.2, 0) is 40.0 Å². The Balaban J connectivity index is 1.07. The molecule has 23 heteroatoms. The number of imidazole rings is 1. The van der Waals surface area contributed by atoms with Gasteiger partial charge in [0.1, 0.15) is 0 Å². The van der Waals surface area contributed by atoms with Gasteiger partial charge in [0.2, 0.25) is 17.7 Å². The number of quaternary nitrogens is 1.